The van der Waals surface area contributed by atoms with Crippen molar-refractivity contribution in [2.45, 2.75) is 31.7 Å². The normalized spacial score (nSPS) is 24.2. The Morgan fingerprint density at radius 1 is 1.33 bits per heavy atom. The van der Waals surface area contributed by atoms with Gasteiger partial charge in [0.25, 0.3) is 5.91 Å². The molecular weight excluding hydrogens is 266 g/mol. The summed E-state index contributed by atoms with van der Waals surface area (Å²) in [7, 11) is 0. The maximum absolute atomic E-state index is 12.8. The molecule has 0 radical (unpaired) electrons. The van der Waals surface area contributed by atoms with Gasteiger partial charge in [-0.15, -0.1) is 0 Å². The number of carbonyl (C=O) groups excluding carboxylic acids is 1. The van der Waals surface area contributed by atoms with Crippen molar-refractivity contribution in [2.75, 3.05) is 32.8 Å². The molecule has 0 aromatic carbocycles. The van der Waals surface area contributed by atoms with Gasteiger partial charge >= 0.3 is 0 Å². The van der Waals surface area contributed by atoms with Crippen LogP contribution in [-0.2, 0) is 0 Å². The minimum Gasteiger partial charge on any atom is -0.396 e. The molecule has 2 aliphatic heterocycles. The molecule has 2 fully saturated rings. The lowest BCUT2D eigenvalue weighted by Crippen LogP contribution is -2.42. The summed E-state index contributed by atoms with van der Waals surface area (Å²) < 4.78 is 2.16. The van der Waals surface area contributed by atoms with Crippen LogP contribution in [0.2, 0.25) is 0 Å². The Kier molecular flexibility index (Phi) is 4.60. The number of piperidine rings is 2. The first-order valence-corrected chi connectivity index (χ1v) is 8.07. The number of nitrogens with one attached hydrogen (secondary N) is 1. The van der Waals surface area contributed by atoms with Gasteiger partial charge in [-0.3, -0.25) is 4.79 Å². The van der Waals surface area contributed by atoms with Crippen molar-refractivity contribution >= 4 is 5.91 Å². The van der Waals surface area contributed by atoms with Crippen LogP contribution in [-0.4, -0.2) is 53.3 Å². The fourth-order valence-electron chi connectivity index (χ4n) is 3.54. The van der Waals surface area contributed by atoms with E-state index in [2.05, 4.69) is 9.88 Å². The van der Waals surface area contributed by atoms with Gasteiger partial charge in [-0.25, -0.2) is 0 Å². The lowest BCUT2D eigenvalue weighted by molar-refractivity contribution is 0.0607. The van der Waals surface area contributed by atoms with Gasteiger partial charge in [-0.1, -0.05) is 0 Å². The number of hydrogen-bond acceptors (Lipinski definition) is 3. The van der Waals surface area contributed by atoms with Gasteiger partial charge in [-0.05, 0) is 56.8 Å². The first-order valence-electron chi connectivity index (χ1n) is 8.07. The number of aliphatic hydroxyl groups is 1. The van der Waals surface area contributed by atoms with Crippen molar-refractivity contribution in [1.29, 1.82) is 0 Å². The molecule has 2 aliphatic rings. The zero-order valence-corrected chi connectivity index (χ0v) is 12.5. The van der Waals surface area contributed by atoms with Crippen molar-refractivity contribution in [1.82, 2.24) is 14.8 Å². The average molecular weight is 291 g/mol. The Bertz CT molecular complexity index is 480. The molecule has 5 heteroatoms. The summed E-state index contributed by atoms with van der Waals surface area (Å²) in [6, 6.07) is 4.34. The third kappa shape index (κ3) is 3.14. The molecule has 3 rings (SSSR count). The summed E-state index contributed by atoms with van der Waals surface area (Å²) in [5.41, 5.74) is 0.806. The third-order valence-corrected chi connectivity index (χ3v) is 4.76. The van der Waals surface area contributed by atoms with Crippen LogP contribution in [0, 0.1) is 5.92 Å². The van der Waals surface area contributed by atoms with Gasteiger partial charge in [0.2, 0.25) is 0 Å². The number of aliphatic hydroxyl groups excluding tert-OH is 1. The van der Waals surface area contributed by atoms with E-state index in [1.165, 1.54) is 0 Å². The SMILES string of the molecule is O=C(c1cccn1C1CCNCC1)N1CCCC(CO)C1. The summed E-state index contributed by atoms with van der Waals surface area (Å²) in [6.45, 7) is 3.72. The zero-order valence-electron chi connectivity index (χ0n) is 12.5. The van der Waals surface area contributed by atoms with Crippen molar-refractivity contribution in [3.63, 3.8) is 0 Å². The van der Waals surface area contributed by atoms with Crippen LogP contribution in [0.5, 0.6) is 0 Å². The molecule has 0 bridgehead atoms. The highest BCUT2D eigenvalue weighted by molar-refractivity contribution is 5.93. The zero-order chi connectivity index (χ0) is 14.7. The summed E-state index contributed by atoms with van der Waals surface area (Å²) in [5, 5.41) is 12.7. The summed E-state index contributed by atoms with van der Waals surface area (Å²) in [4.78, 5) is 14.7. The van der Waals surface area contributed by atoms with Crippen LogP contribution in [0.3, 0.4) is 0 Å². The molecule has 1 unspecified atom stereocenters. The summed E-state index contributed by atoms with van der Waals surface area (Å²) in [6.07, 6.45) is 6.21. The molecule has 1 atom stereocenters. The number of likely N-dealkylation sites (tertiary alicyclic amines) is 1. The molecular formula is C16H25N3O2. The Labute approximate surface area is 125 Å². The number of carbonyl (C=O) groups is 1. The van der Waals surface area contributed by atoms with Gasteiger partial charge in [0.05, 0.1) is 0 Å². The molecule has 2 N–H and O–H groups in total. The van der Waals surface area contributed by atoms with E-state index < -0.39 is 0 Å². The second-order valence-corrected chi connectivity index (χ2v) is 6.22. The highest BCUT2D eigenvalue weighted by Crippen LogP contribution is 2.24. The second kappa shape index (κ2) is 6.62. The Morgan fingerprint density at radius 2 is 2.14 bits per heavy atom. The molecule has 0 spiro atoms. The number of hydrogen-bond donors (Lipinski definition) is 2. The third-order valence-electron chi connectivity index (χ3n) is 4.76. The van der Waals surface area contributed by atoms with Crippen LogP contribution in [0.25, 0.3) is 0 Å². The van der Waals surface area contributed by atoms with E-state index in [1.54, 1.807) is 0 Å². The van der Waals surface area contributed by atoms with Crippen molar-refractivity contribution in [3.05, 3.63) is 24.0 Å². The van der Waals surface area contributed by atoms with Crippen molar-refractivity contribution < 1.29 is 9.90 Å². The van der Waals surface area contributed by atoms with E-state index in [1.807, 2.05) is 23.2 Å². The molecule has 0 aliphatic carbocycles. The number of aromatic nitrogens is 1. The number of rotatable bonds is 3. The predicted octanol–water partition coefficient (Wildman–Crippen LogP) is 1.26. The number of nitrogens with zero attached hydrogens (tertiary/aromatic N) is 2. The van der Waals surface area contributed by atoms with Crippen LogP contribution >= 0.6 is 0 Å². The second-order valence-electron chi connectivity index (χ2n) is 6.22. The smallest absolute Gasteiger partial charge is 0.270 e. The Balaban J connectivity index is 1.74. The quantitative estimate of drug-likeness (QED) is 0.881. The molecule has 0 saturated carbocycles. The fraction of sp³-hybridized carbons (Fsp3) is 0.688. The van der Waals surface area contributed by atoms with Gasteiger partial charge in [-0.2, -0.15) is 0 Å². The molecule has 116 valence electrons. The minimum absolute atomic E-state index is 0.122. The van der Waals surface area contributed by atoms with Crippen LogP contribution in [0.1, 0.15) is 42.2 Å². The first kappa shape index (κ1) is 14.6. The van der Waals surface area contributed by atoms with Crippen LogP contribution in [0.15, 0.2) is 18.3 Å². The first-order chi connectivity index (χ1) is 10.3. The van der Waals surface area contributed by atoms with E-state index in [0.717, 1.165) is 51.0 Å². The monoisotopic (exact) mass is 291 g/mol. The topological polar surface area (TPSA) is 57.5 Å². The van der Waals surface area contributed by atoms with E-state index >= 15 is 0 Å². The maximum Gasteiger partial charge on any atom is 0.270 e. The molecule has 1 aromatic heterocycles. The Morgan fingerprint density at radius 3 is 2.90 bits per heavy atom. The molecule has 3 heterocycles. The van der Waals surface area contributed by atoms with Gasteiger partial charge in [0.1, 0.15) is 5.69 Å². The summed E-state index contributed by atoms with van der Waals surface area (Å²) >= 11 is 0. The average Bonchev–Trinajstić information content (AvgIpc) is 3.04. The maximum atomic E-state index is 12.8. The lowest BCUT2D eigenvalue weighted by atomic mass is 9.99. The lowest BCUT2D eigenvalue weighted by Gasteiger charge is -2.33. The standard InChI is InChI=1S/C16H25N3O2/c20-12-13-3-1-9-18(11-13)16(21)15-4-2-10-19(15)14-5-7-17-8-6-14/h2,4,10,13-14,17,20H,1,3,5-9,11-12H2. The highest BCUT2D eigenvalue weighted by Gasteiger charge is 2.27. The highest BCUT2D eigenvalue weighted by atomic mass is 16.3. The van der Waals surface area contributed by atoms with E-state index in [-0.39, 0.29) is 18.4 Å². The van der Waals surface area contributed by atoms with Crippen molar-refractivity contribution in [2.24, 2.45) is 5.92 Å². The van der Waals surface area contributed by atoms with E-state index in [4.69, 9.17) is 0 Å². The van der Waals surface area contributed by atoms with Gasteiger partial charge in [0, 0.05) is 31.9 Å². The van der Waals surface area contributed by atoms with Crippen molar-refractivity contribution in [3.8, 4) is 0 Å². The Hall–Kier alpha value is -1.33. The molecule has 1 amide bonds. The van der Waals surface area contributed by atoms with E-state index in [9.17, 15) is 9.90 Å². The molecule has 2 saturated heterocycles. The molecule has 5 nitrogen and oxygen atoms in total. The van der Waals surface area contributed by atoms with Gasteiger partial charge in [0.15, 0.2) is 0 Å². The van der Waals surface area contributed by atoms with Crippen LogP contribution in [0.4, 0.5) is 0 Å². The van der Waals surface area contributed by atoms with Crippen LogP contribution < -0.4 is 5.32 Å². The summed E-state index contributed by atoms with van der Waals surface area (Å²) in [5.74, 6) is 0.363. The predicted molar refractivity (Wildman–Crippen MR) is 81.3 cm³/mol. The minimum atomic E-state index is 0.122. The molecule has 1 aromatic rings. The fourth-order valence-corrected chi connectivity index (χ4v) is 3.54. The molecule has 21 heavy (non-hydrogen) atoms. The van der Waals surface area contributed by atoms with E-state index in [0.29, 0.717) is 12.6 Å². The number of amides is 1. The van der Waals surface area contributed by atoms with Gasteiger partial charge < -0.3 is 19.9 Å². The largest absolute Gasteiger partial charge is 0.396 e.